The molecule has 0 spiro atoms. The number of rotatable bonds is 5. The molecule has 1 rings (SSSR count). The molecular formula is C13H27N3. The number of guanidine groups is 1. The molecular weight excluding hydrogens is 198 g/mol. The van der Waals surface area contributed by atoms with Crippen molar-refractivity contribution in [2.75, 3.05) is 13.1 Å². The standard InChI is InChI=1S/C13H27N3/c1-5-14-12(16-11-7-8-11)15-10-6-9-13(2,3)4/h11H,5-10H2,1-4H3,(H2,14,15,16). The fourth-order valence-corrected chi connectivity index (χ4v) is 1.54. The second kappa shape index (κ2) is 6.12. The Morgan fingerprint density at radius 3 is 2.50 bits per heavy atom. The molecule has 3 nitrogen and oxygen atoms in total. The molecule has 1 saturated carbocycles. The second-order valence-corrected chi connectivity index (χ2v) is 5.84. The van der Waals surface area contributed by atoms with Crippen molar-refractivity contribution >= 4 is 5.96 Å². The summed E-state index contributed by atoms with van der Waals surface area (Å²) in [5, 5.41) is 6.72. The summed E-state index contributed by atoms with van der Waals surface area (Å²) in [4.78, 5) is 4.59. The second-order valence-electron chi connectivity index (χ2n) is 5.84. The molecule has 0 radical (unpaired) electrons. The van der Waals surface area contributed by atoms with E-state index in [2.05, 4.69) is 43.3 Å². The lowest BCUT2D eigenvalue weighted by Crippen LogP contribution is -2.38. The molecule has 0 atom stereocenters. The van der Waals surface area contributed by atoms with Crippen molar-refractivity contribution in [2.45, 2.75) is 59.4 Å². The molecule has 0 aromatic heterocycles. The van der Waals surface area contributed by atoms with Crippen LogP contribution in [0.5, 0.6) is 0 Å². The molecule has 0 amide bonds. The Morgan fingerprint density at radius 2 is 2.00 bits per heavy atom. The molecule has 3 heteroatoms. The van der Waals surface area contributed by atoms with Crippen molar-refractivity contribution in [3.05, 3.63) is 0 Å². The van der Waals surface area contributed by atoms with Crippen molar-refractivity contribution in [2.24, 2.45) is 10.4 Å². The molecule has 1 aliphatic rings. The van der Waals surface area contributed by atoms with Gasteiger partial charge in [0.15, 0.2) is 5.96 Å². The van der Waals surface area contributed by atoms with E-state index >= 15 is 0 Å². The predicted molar refractivity (Wildman–Crippen MR) is 70.8 cm³/mol. The Bertz CT molecular complexity index is 224. The van der Waals surface area contributed by atoms with E-state index in [4.69, 9.17) is 0 Å². The van der Waals surface area contributed by atoms with Gasteiger partial charge in [0.05, 0.1) is 0 Å². The van der Waals surface area contributed by atoms with E-state index in [0.29, 0.717) is 11.5 Å². The molecule has 2 N–H and O–H groups in total. The van der Waals surface area contributed by atoms with Crippen LogP contribution in [-0.4, -0.2) is 25.1 Å². The third kappa shape index (κ3) is 6.70. The van der Waals surface area contributed by atoms with Gasteiger partial charge in [-0.3, -0.25) is 4.99 Å². The van der Waals surface area contributed by atoms with Gasteiger partial charge in [-0.1, -0.05) is 20.8 Å². The van der Waals surface area contributed by atoms with Crippen LogP contribution < -0.4 is 10.6 Å². The van der Waals surface area contributed by atoms with Crippen molar-refractivity contribution in [1.29, 1.82) is 0 Å². The van der Waals surface area contributed by atoms with E-state index in [1.807, 2.05) is 0 Å². The lowest BCUT2D eigenvalue weighted by atomic mass is 9.91. The average Bonchev–Trinajstić information content (AvgIpc) is 2.95. The summed E-state index contributed by atoms with van der Waals surface area (Å²) < 4.78 is 0. The lowest BCUT2D eigenvalue weighted by Gasteiger charge is -2.17. The van der Waals surface area contributed by atoms with Crippen LogP contribution in [0.15, 0.2) is 4.99 Å². The topological polar surface area (TPSA) is 36.4 Å². The average molecular weight is 225 g/mol. The van der Waals surface area contributed by atoms with Crippen molar-refractivity contribution in [1.82, 2.24) is 10.6 Å². The van der Waals surface area contributed by atoms with Gasteiger partial charge in [0, 0.05) is 19.1 Å². The first kappa shape index (κ1) is 13.3. The zero-order valence-corrected chi connectivity index (χ0v) is 11.3. The van der Waals surface area contributed by atoms with Gasteiger partial charge in [-0.2, -0.15) is 0 Å². The molecule has 0 unspecified atom stereocenters. The summed E-state index contributed by atoms with van der Waals surface area (Å²) in [6, 6.07) is 0.681. The molecule has 0 bridgehead atoms. The third-order valence-electron chi connectivity index (χ3n) is 2.62. The van der Waals surface area contributed by atoms with E-state index in [-0.39, 0.29) is 0 Å². The maximum atomic E-state index is 4.59. The summed E-state index contributed by atoms with van der Waals surface area (Å²) in [6.45, 7) is 10.8. The van der Waals surface area contributed by atoms with Crippen LogP contribution >= 0.6 is 0 Å². The van der Waals surface area contributed by atoms with Crippen LogP contribution in [0.3, 0.4) is 0 Å². The van der Waals surface area contributed by atoms with Gasteiger partial charge in [0.1, 0.15) is 0 Å². The minimum Gasteiger partial charge on any atom is -0.357 e. The predicted octanol–water partition coefficient (Wildman–Crippen LogP) is 2.53. The first-order chi connectivity index (χ1) is 7.51. The molecule has 1 aliphatic carbocycles. The normalized spacial score (nSPS) is 17.4. The minimum absolute atomic E-state index is 0.428. The van der Waals surface area contributed by atoms with E-state index in [1.165, 1.54) is 25.7 Å². The van der Waals surface area contributed by atoms with Gasteiger partial charge in [-0.25, -0.2) is 0 Å². The highest BCUT2D eigenvalue weighted by Crippen LogP contribution is 2.20. The summed E-state index contributed by atoms with van der Waals surface area (Å²) in [5.74, 6) is 0.999. The van der Waals surface area contributed by atoms with E-state index in [1.54, 1.807) is 0 Å². The number of nitrogens with one attached hydrogen (secondary N) is 2. The first-order valence-corrected chi connectivity index (χ1v) is 6.56. The largest absolute Gasteiger partial charge is 0.357 e. The monoisotopic (exact) mass is 225 g/mol. The summed E-state index contributed by atoms with van der Waals surface area (Å²) in [7, 11) is 0. The van der Waals surface area contributed by atoms with Gasteiger partial charge in [-0.15, -0.1) is 0 Å². The maximum absolute atomic E-state index is 4.59. The number of aliphatic imine (C=N–C) groups is 1. The molecule has 16 heavy (non-hydrogen) atoms. The Morgan fingerprint density at radius 1 is 1.31 bits per heavy atom. The summed E-state index contributed by atoms with van der Waals surface area (Å²) >= 11 is 0. The Labute approximate surface area is 100 Å². The van der Waals surface area contributed by atoms with Crippen LogP contribution in [0.1, 0.15) is 53.4 Å². The Kier molecular flexibility index (Phi) is 5.10. The Balaban J connectivity index is 2.21. The van der Waals surface area contributed by atoms with E-state index < -0.39 is 0 Å². The zero-order valence-electron chi connectivity index (χ0n) is 11.3. The SMILES string of the molecule is CCNC(=NCCCC(C)(C)C)NC1CC1. The van der Waals surface area contributed by atoms with Crippen molar-refractivity contribution in [3.8, 4) is 0 Å². The first-order valence-electron chi connectivity index (χ1n) is 6.56. The molecule has 0 heterocycles. The van der Waals surface area contributed by atoms with Crippen molar-refractivity contribution < 1.29 is 0 Å². The number of hydrogen-bond donors (Lipinski definition) is 2. The lowest BCUT2D eigenvalue weighted by molar-refractivity contribution is 0.368. The molecule has 0 aliphatic heterocycles. The Hall–Kier alpha value is -0.730. The van der Waals surface area contributed by atoms with Gasteiger partial charge in [-0.05, 0) is 38.0 Å². The highest BCUT2D eigenvalue weighted by Gasteiger charge is 2.21. The smallest absolute Gasteiger partial charge is 0.191 e. The molecule has 0 aromatic carbocycles. The molecule has 1 fully saturated rings. The summed E-state index contributed by atoms with van der Waals surface area (Å²) in [6.07, 6.45) is 5.00. The number of nitrogens with zero attached hydrogens (tertiary/aromatic N) is 1. The molecule has 94 valence electrons. The van der Waals surface area contributed by atoms with Crippen LogP contribution in [0.4, 0.5) is 0 Å². The van der Waals surface area contributed by atoms with Crippen LogP contribution in [0.25, 0.3) is 0 Å². The number of hydrogen-bond acceptors (Lipinski definition) is 1. The summed E-state index contributed by atoms with van der Waals surface area (Å²) in [5.41, 5.74) is 0.428. The van der Waals surface area contributed by atoms with Gasteiger partial charge >= 0.3 is 0 Å². The highest BCUT2D eigenvalue weighted by atomic mass is 15.2. The van der Waals surface area contributed by atoms with Crippen LogP contribution in [-0.2, 0) is 0 Å². The highest BCUT2D eigenvalue weighted by molar-refractivity contribution is 5.80. The zero-order chi connectivity index (χ0) is 12.0. The molecule has 0 aromatic rings. The fourth-order valence-electron chi connectivity index (χ4n) is 1.54. The van der Waals surface area contributed by atoms with Gasteiger partial charge < -0.3 is 10.6 Å². The quantitative estimate of drug-likeness (QED) is 0.428. The third-order valence-corrected chi connectivity index (χ3v) is 2.62. The van der Waals surface area contributed by atoms with E-state index in [9.17, 15) is 0 Å². The fraction of sp³-hybridized carbons (Fsp3) is 0.923. The molecule has 0 saturated heterocycles. The van der Waals surface area contributed by atoms with Crippen LogP contribution in [0, 0.1) is 5.41 Å². The van der Waals surface area contributed by atoms with E-state index in [0.717, 1.165) is 19.0 Å². The van der Waals surface area contributed by atoms with Gasteiger partial charge in [0.2, 0.25) is 0 Å². The van der Waals surface area contributed by atoms with Crippen LogP contribution in [0.2, 0.25) is 0 Å². The maximum Gasteiger partial charge on any atom is 0.191 e. The van der Waals surface area contributed by atoms with Gasteiger partial charge in [0.25, 0.3) is 0 Å². The minimum atomic E-state index is 0.428. The van der Waals surface area contributed by atoms with Crippen molar-refractivity contribution in [3.63, 3.8) is 0 Å².